The molecular formula is C18H28N2O. The fourth-order valence-electron chi connectivity index (χ4n) is 2.87. The molecule has 1 aliphatic heterocycles. The minimum Gasteiger partial charge on any atom is -0.340 e. The van der Waals surface area contributed by atoms with Gasteiger partial charge in [0.15, 0.2) is 0 Å². The molecule has 0 aliphatic carbocycles. The van der Waals surface area contributed by atoms with Crippen LogP contribution in [0, 0.1) is 5.92 Å². The van der Waals surface area contributed by atoms with Crippen LogP contribution in [0.5, 0.6) is 0 Å². The van der Waals surface area contributed by atoms with Crippen LogP contribution in [-0.2, 0) is 11.2 Å². The number of aryl methyl sites for hydroxylation is 1. The van der Waals surface area contributed by atoms with Gasteiger partial charge in [0, 0.05) is 32.1 Å². The van der Waals surface area contributed by atoms with E-state index in [0.717, 1.165) is 32.7 Å². The third kappa shape index (κ3) is 5.16. The van der Waals surface area contributed by atoms with Crippen molar-refractivity contribution < 1.29 is 4.79 Å². The fraction of sp³-hybridized carbons (Fsp3) is 0.611. The number of hydrogen-bond acceptors (Lipinski definition) is 2. The molecule has 0 saturated carbocycles. The van der Waals surface area contributed by atoms with Crippen LogP contribution >= 0.6 is 0 Å². The Bertz CT molecular complexity index is 422. The van der Waals surface area contributed by atoms with Crippen LogP contribution in [0.4, 0.5) is 0 Å². The van der Waals surface area contributed by atoms with E-state index in [2.05, 4.69) is 35.2 Å². The maximum atomic E-state index is 11.9. The summed E-state index contributed by atoms with van der Waals surface area (Å²) in [6.07, 6.45) is 3.66. The highest BCUT2D eigenvalue weighted by Gasteiger charge is 2.22. The van der Waals surface area contributed by atoms with Gasteiger partial charge in [-0.15, -0.1) is 0 Å². The molecule has 0 atom stereocenters. The molecule has 0 unspecified atom stereocenters. The van der Waals surface area contributed by atoms with E-state index in [1.54, 1.807) is 0 Å². The summed E-state index contributed by atoms with van der Waals surface area (Å²) >= 11 is 0. The average molecular weight is 288 g/mol. The van der Waals surface area contributed by atoms with E-state index in [4.69, 9.17) is 0 Å². The third-order valence-electron chi connectivity index (χ3n) is 4.21. The molecule has 1 fully saturated rings. The summed E-state index contributed by atoms with van der Waals surface area (Å²) in [6, 6.07) is 10.7. The molecule has 0 spiro atoms. The summed E-state index contributed by atoms with van der Waals surface area (Å²) < 4.78 is 0. The molecule has 1 aliphatic rings. The first-order valence-electron chi connectivity index (χ1n) is 8.22. The molecule has 3 heteroatoms. The first-order valence-corrected chi connectivity index (χ1v) is 8.22. The molecule has 1 amide bonds. The number of amides is 1. The van der Waals surface area contributed by atoms with Crippen molar-refractivity contribution in [1.29, 1.82) is 0 Å². The summed E-state index contributed by atoms with van der Waals surface area (Å²) in [5.41, 5.74) is 1.44. The highest BCUT2D eigenvalue weighted by atomic mass is 16.2. The Labute approximate surface area is 128 Å². The minimum atomic E-state index is 0.127. The van der Waals surface area contributed by atoms with Gasteiger partial charge in [0.1, 0.15) is 0 Å². The van der Waals surface area contributed by atoms with Gasteiger partial charge in [0.2, 0.25) is 5.91 Å². The normalized spacial score (nSPS) is 16.4. The predicted molar refractivity (Wildman–Crippen MR) is 87.2 cm³/mol. The lowest BCUT2D eigenvalue weighted by atomic mass is 10.1. The van der Waals surface area contributed by atoms with E-state index in [-0.39, 0.29) is 5.92 Å². The molecule has 21 heavy (non-hydrogen) atoms. The van der Waals surface area contributed by atoms with Gasteiger partial charge in [-0.2, -0.15) is 0 Å². The molecule has 0 aromatic heterocycles. The summed E-state index contributed by atoms with van der Waals surface area (Å²) in [5.74, 6) is 0.432. The zero-order valence-corrected chi connectivity index (χ0v) is 13.4. The van der Waals surface area contributed by atoms with Gasteiger partial charge in [-0.1, -0.05) is 44.2 Å². The number of rotatable bonds is 6. The van der Waals surface area contributed by atoms with Crippen molar-refractivity contribution in [2.24, 2.45) is 5.92 Å². The minimum absolute atomic E-state index is 0.127. The van der Waals surface area contributed by atoms with Crippen LogP contribution in [0.25, 0.3) is 0 Å². The Kier molecular flexibility index (Phi) is 6.24. The second-order valence-electron chi connectivity index (χ2n) is 6.26. The average Bonchev–Trinajstić information content (AvgIpc) is 2.52. The first kappa shape index (κ1) is 16.0. The van der Waals surface area contributed by atoms with E-state index >= 15 is 0 Å². The van der Waals surface area contributed by atoms with E-state index in [0.29, 0.717) is 5.91 Å². The van der Waals surface area contributed by atoms with Crippen LogP contribution in [-0.4, -0.2) is 48.4 Å². The molecule has 1 saturated heterocycles. The van der Waals surface area contributed by atoms with Crippen LogP contribution in [0.1, 0.15) is 32.3 Å². The van der Waals surface area contributed by atoms with Gasteiger partial charge in [-0.25, -0.2) is 0 Å². The molecule has 116 valence electrons. The van der Waals surface area contributed by atoms with Gasteiger partial charge in [0.05, 0.1) is 0 Å². The molecule has 1 aromatic rings. The van der Waals surface area contributed by atoms with Gasteiger partial charge < -0.3 is 4.90 Å². The summed E-state index contributed by atoms with van der Waals surface area (Å²) in [6.45, 7) is 8.99. The number of hydrogen-bond donors (Lipinski definition) is 0. The number of carbonyl (C=O) groups is 1. The van der Waals surface area contributed by atoms with E-state index in [1.807, 2.05) is 18.7 Å². The lowest BCUT2D eigenvalue weighted by Gasteiger charge is -2.35. The van der Waals surface area contributed by atoms with Gasteiger partial charge in [-0.05, 0) is 31.4 Å². The molecule has 1 heterocycles. The first-order chi connectivity index (χ1) is 10.2. The monoisotopic (exact) mass is 288 g/mol. The second kappa shape index (κ2) is 8.18. The largest absolute Gasteiger partial charge is 0.340 e. The van der Waals surface area contributed by atoms with Crippen LogP contribution in [0.2, 0.25) is 0 Å². The number of unbranched alkanes of at least 4 members (excludes halogenated alkanes) is 1. The molecule has 0 bridgehead atoms. The topological polar surface area (TPSA) is 23.6 Å². The standard InChI is InChI=1S/C18H28N2O/c1-16(2)18(21)20-14-12-19(13-15-20)11-7-6-10-17-8-4-3-5-9-17/h3-5,8-9,16H,6-7,10-15H2,1-2H3. The third-order valence-corrected chi connectivity index (χ3v) is 4.21. The molecular weight excluding hydrogens is 260 g/mol. The van der Waals surface area contributed by atoms with E-state index in [9.17, 15) is 4.79 Å². The van der Waals surface area contributed by atoms with Gasteiger partial charge in [0.25, 0.3) is 0 Å². The Morgan fingerprint density at radius 1 is 1.05 bits per heavy atom. The Balaban J connectivity index is 1.60. The Hall–Kier alpha value is -1.35. The highest BCUT2D eigenvalue weighted by molar-refractivity contribution is 5.78. The van der Waals surface area contributed by atoms with Gasteiger partial charge in [-0.3, -0.25) is 9.69 Å². The number of benzene rings is 1. The maximum Gasteiger partial charge on any atom is 0.225 e. The number of nitrogens with zero attached hydrogens (tertiary/aromatic N) is 2. The Morgan fingerprint density at radius 3 is 2.33 bits per heavy atom. The van der Waals surface area contributed by atoms with Crippen molar-refractivity contribution in [2.45, 2.75) is 33.1 Å². The van der Waals surface area contributed by atoms with Crippen molar-refractivity contribution in [3.8, 4) is 0 Å². The lowest BCUT2D eigenvalue weighted by molar-refractivity contribution is -0.136. The smallest absolute Gasteiger partial charge is 0.225 e. The van der Waals surface area contributed by atoms with E-state index < -0.39 is 0 Å². The lowest BCUT2D eigenvalue weighted by Crippen LogP contribution is -2.49. The van der Waals surface area contributed by atoms with Crippen molar-refractivity contribution >= 4 is 5.91 Å². The van der Waals surface area contributed by atoms with Crippen molar-refractivity contribution in [2.75, 3.05) is 32.7 Å². The van der Waals surface area contributed by atoms with Crippen LogP contribution in [0.3, 0.4) is 0 Å². The number of piperazine rings is 1. The predicted octanol–water partition coefficient (Wildman–Crippen LogP) is 2.81. The number of carbonyl (C=O) groups excluding carboxylic acids is 1. The van der Waals surface area contributed by atoms with Crippen molar-refractivity contribution in [3.05, 3.63) is 35.9 Å². The summed E-state index contributed by atoms with van der Waals surface area (Å²) in [4.78, 5) is 16.4. The van der Waals surface area contributed by atoms with Crippen molar-refractivity contribution in [1.82, 2.24) is 9.80 Å². The molecule has 1 aromatic carbocycles. The van der Waals surface area contributed by atoms with E-state index in [1.165, 1.54) is 24.8 Å². The van der Waals surface area contributed by atoms with Crippen LogP contribution in [0.15, 0.2) is 30.3 Å². The zero-order valence-electron chi connectivity index (χ0n) is 13.4. The maximum absolute atomic E-state index is 11.9. The molecule has 2 rings (SSSR count). The molecule has 0 N–H and O–H groups in total. The van der Waals surface area contributed by atoms with Crippen LogP contribution < -0.4 is 0 Å². The molecule has 3 nitrogen and oxygen atoms in total. The summed E-state index contributed by atoms with van der Waals surface area (Å²) in [5, 5.41) is 0. The fourth-order valence-corrected chi connectivity index (χ4v) is 2.87. The van der Waals surface area contributed by atoms with Gasteiger partial charge >= 0.3 is 0 Å². The second-order valence-corrected chi connectivity index (χ2v) is 6.26. The quantitative estimate of drug-likeness (QED) is 0.752. The zero-order chi connectivity index (χ0) is 15.1. The van der Waals surface area contributed by atoms with Crippen molar-refractivity contribution in [3.63, 3.8) is 0 Å². The Morgan fingerprint density at radius 2 is 1.71 bits per heavy atom. The molecule has 0 radical (unpaired) electrons. The SMILES string of the molecule is CC(C)C(=O)N1CCN(CCCCc2ccccc2)CC1. The summed E-state index contributed by atoms with van der Waals surface area (Å²) in [7, 11) is 0. The highest BCUT2D eigenvalue weighted by Crippen LogP contribution is 2.09.